The van der Waals surface area contributed by atoms with Crippen molar-refractivity contribution in [1.29, 1.82) is 0 Å². The number of benzene rings is 1. The van der Waals surface area contributed by atoms with Crippen LogP contribution in [0.3, 0.4) is 0 Å². The Morgan fingerprint density at radius 3 is 2.41 bits per heavy atom. The fraction of sp³-hybridized carbons (Fsp3) is 0.238. The summed E-state index contributed by atoms with van der Waals surface area (Å²) in [6.07, 6.45) is 1.51. The Morgan fingerprint density at radius 2 is 1.78 bits per heavy atom. The molecule has 2 aromatic heterocycles. The summed E-state index contributed by atoms with van der Waals surface area (Å²) in [5, 5.41) is 1.70. The first-order valence-corrected chi connectivity index (χ1v) is 11.8. The molecule has 170 valence electrons. The van der Waals surface area contributed by atoms with Crippen molar-refractivity contribution >= 4 is 38.9 Å². The molecule has 0 saturated carbocycles. The average molecular weight is 479 g/mol. The van der Waals surface area contributed by atoms with Crippen LogP contribution in [-0.4, -0.2) is 52.5 Å². The van der Waals surface area contributed by atoms with Crippen molar-refractivity contribution in [2.24, 2.45) is 0 Å². The number of carbonyl (C=O) groups is 2. The molecule has 0 unspecified atom stereocenters. The zero-order valence-corrected chi connectivity index (χ0v) is 19.1. The molecule has 0 N–H and O–H groups in total. The van der Waals surface area contributed by atoms with Gasteiger partial charge in [0.25, 0.3) is 15.9 Å². The lowest BCUT2D eigenvalue weighted by Gasteiger charge is -2.18. The highest BCUT2D eigenvalue weighted by Gasteiger charge is 2.22. The Kier molecular flexibility index (Phi) is 7.54. The molecule has 0 spiro atoms. The molecule has 2 heterocycles. The fourth-order valence-corrected chi connectivity index (χ4v) is 4.95. The van der Waals surface area contributed by atoms with Gasteiger partial charge in [-0.2, -0.15) is 0 Å². The highest BCUT2D eigenvalue weighted by atomic mass is 32.2. The average Bonchev–Trinajstić information content (AvgIpc) is 3.50. The van der Waals surface area contributed by atoms with Crippen LogP contribution in [0.4, 0.5) is 5.69 Å². The molecule has 0 aliphatic carbocycles. The van der Waals surface area contributed by atoms with Crippen LogP contribution < -0.4 is 9.04 Å². The number of likely N-dealkylation sites (N-methyl/N-ethyl adjacent to an activating group) is 1. The quantitative estimate of drug-likeness (QED) is 0.413. The van der Waals surface area contributed by atoms with E-state index in [4.69, 9.17) is 13.9 Å². The molecule has 0 aliphatic heterocycles. The van der Waals surface area contributed by atoms with E-state index in [-0.39, 0.29) is 16.7 Å². The minimum Gasteiger partial charge on any atom is -0.482 e. The summed E-state index contributed by atoms with van der Waals surface area (Å²) in [6, 6.07) is 12.9. The van der Waals surface area contributed by atoms with E-state index < -0.39 is 29.2 Å². The normalized spacial score (nSPS) is 11.1. The van der Waals surface area contributed by atoms with Gasteiger partial charge in [-0.3, -0.25) is 9.10 Å². The van der Waals surface area contributed by atoms with Crippen LogP contribution in [0.5, 0.6) is 5.75 Å². The van der Waals surface area contributed by atoms with Crippen molar-refractivity contribution in [2.45, 2.75) is 10.8 Å². The SMILES string of the molecule is CN(Cc1ccco1)C(=O)COC(=O)COc1ccc(N(C)S(=O)(=O)c2cccs2)cc1. The molecule has 3 rings (SSSR count). The number of esters is 1. The molecule has 0 saturated heterocycles. The maximum atomic E-state index is 12.6. The van der Waals surface area contributed by atoms with Gasteiger partial charge < -0.3 is 18.8 Å². The smallest absolute Gasteiger partial charge is 0.344 e. The topological polar surface area (TPSA) is 106 Å². The number of furan rings is 1. The maximum Gasteiger partial charge on any atom is 0.344 e. The Bertz CT molecular complexity index is 1130. The van der Waals surface area contributed by atoms with Crippen molar-refractivity contribution in [2.75, 3.05) is 31.6 Å². The first-order chi connectivity index (χ1) is 15.3. The van der Waals surface area contributed by atoms with Crippen molar-refractivity contribution in [1.82, 2.24) is 4.90 Å². The van der Waals surface area contributed by atoms with Crippen LogP contribution in [0.15, 0.2) is 68.8 Å². The molecule has 11 heteroatoms. The fourth-order valence-electron chi connectivity index (χ4n) is 2.60. The van der Waals surface area contributed by atoms with Gasteiger partial charge in [-0.1, -0.05) is 6.07 Å². The largest absolute Gasteiger partial charge is 0.482 e. The van der Waals surface area contributed by atoms with E-state index in [1.54, 1.807) is 61.0 Å². The van der Waals surface area contributed by atoms with Crippen LogP contribution >= 0.6 is 11.3 Å². The minimum atomic E-state index is -3.63. The third-order valence-electron chi connectivity index (χ3n) is 4.42. The lowest BCUT2D eigenvalue weighted by molar-refractivity contribution is -0.153. The molecule has 0 bridgehead atoms. The Balaban J connectivity index is 1.45. The highest BCUT2D eigenvalue weighted by molar-refractivity contribution is 7.94. The number of nitrogens with zero attached hydrogens (tertiary/aromatic N) is 2. The minimum absolute atomic E-state index is 0.243. The number of thiophene rings is 1. The first kappa shape index (κ1) is 23.4. The van der Waals surface area contributed by atoms with Gasteiger partial charge in [0.2, 0.25) is 0 Å². The van der Waals surface area contributed by atoms with Crippen molar-refractivity contribution in [3.05, 3.63) is 65.9 Å². The van der Waals surface area contributed by atoms with Crippen molar-refractivity contribution in [3.8, 4) is 5.75 Å². The third-order valence-corrected chi connectivity index (χ3v) is 7.58. The van der Waals surface area contributed by atoms with Gasteiger partial charge in [0, 0.05) is 14.1 Å². The highest BCUT2D eigenvalue weighted by Crippen LogP contribution is 2.26. The predicted octanol–water partition coefficient (Wildman–Crippen LogP) is 2.75. The van der Waals surface area contributed by atoms with Crippen molar-refractivity contribution in [3.63, 3.8) is 0 Å². The summed E-state index contributed by atoms with van der Waals surface area (Å²) in [5.41, 5.74) is 0.443. The number of sulfonamides is 1. The summed E-state index contributed by atoms with van der Waals surface area (Å²) in [4.78, 5) is 25.3. The second kappa shape index (κ2) is 10.3. The van der Waals surface area contributed by atoms with Gasteiger partial charge in [-0.15, -0.1) is 11.3 Å². The lowest BCUT2D eigenvalue weighted by atomic mass is 10.3. The number of hydrogen-bond acceptors (Lipinski definition) is 8. The molecule has 0 radical (unpaired) electrons. The second-order valence-electron chi connectivity index (χ2n) is 6.68. The van der Waals surface area contributed by atoms with E-state index in [1.807, 2.05) is 0 Å². The lowest BCUT2D eigenvalue weighted by Crippen LogP contribution is -2.31. The molecular weight excluding hydrogens is 456 g/mol. The molecule has 0 atom stereocenters. The Hall–Kier alpha value is -3.31. The van der Waals surface area contributed by atoms with Gasteiger partial charge in [-0.25, -0.2) is 13.2 Å². The van der Waals surface area contributed by atoms with E-state index in [0.717, 1.165) is 11.3 Å². The van der Waals surface area contributed by atoms with E-state index in [2.05, 4.69) is 0 Å². The van der Waals surface area contributed by atoms with Gasteiger partial charge in [0.1, 0.15) is 15.7 Å². The Labute approximate surface area is 189 Å². The number of carbonyl (C=O) groups excluding carboxylic acids is 2. The first-order valence-electron chi connectivity index (χ1n) is 9.44. The monoisotopic (exact) mass is 478 g/mol. The molecule has 9 nitrogen and oxygen atoms in total. The molecular formula is C21H22N2O7S2. The Morgan fingerprint density at radius 1 is 1.03 bits per heavy atom. The van der Waals surface area contributed by atoms with Gasteiger partial charge >= 0.3 is 5.97 Å². The standard InChI is InChI=1S/C21H22N2O7S2/c1-22(13-18-5-3-11-28-18)19(24)14-30-20(25)15-29-17-9-7-16(8-10-17)23(2)32(26,27)21-6-4-12-31-21/h3-12H,13-15H2,1-2H3. The molecule has 1 aromatic carbocycles. The van der Waals surface area contributed by atoms with E-state index in [9.17, 15) is 18.0 Å². The summed E-state index contributed by atoms with van der Waals surface area (Å²) in [6.45, 7) is -0.537. The number of anilines is 1. The van der Waals surface area contributed by atoms with E-state index in [0.29, 0.717) is 17.2 Å². The van der Waals surface area contributed by atoms with Gasteiger partial charge in [-0.05, 0) is 47.8 Å². The summed E-state index contributed by atoms with van der Waals surface area (Å²) in [5.74, 6) is -0.109. The van der Waals surface area contributed by atoms with Crippen LogP contribution in [0.25, 0.3) is 0 Å². The number of ether oxygens (including phenoxy) is 2. The van der Waals surface area contributed by atoms with Crippen LogP contribution in [0.2, 0.25) is 0 Å². The zero-order chi connectivity index (χ0) is 23.1. The summed E-state index contributed by atoms with van der Waals surface area (Å²) < 4.78 is 42.0. The van der Waals surface area contributed by atoms with E-state index >= 15 is 0 Å². The van der Waals surface area contributed by atoms with Crippen LogP contribution in [0, 0.1) is 0 Å². The van der Waals surface area contributed by atoms with Crippen LogP contribution in [-0.2, 0) is 30.9 Å². The summed E-state index contributed by atoms with van der Waals surface area (Å²) in [7, 11) is -0.595. The molecule has 32 heavy (non-hydrogen) atoms. The summed E-state index contributed by atoms with van der Waals surface area (Å²) >= 11 is 1.14. The second-order valence-corrected chi connectivity index (χ2v) is 9.82. The number of amides is 1. The number of hydrogen-bond donors (Lipinski definition) is 0. The van der Waals surface area contributed by atoms with Crippen molar-refractivity contribution < 1.29 is 31.9 Å². The molecule has 0 aliphatic rings. The van der Waals surface area contributed by atoms with Gasteiger partial charge in [0.05, 0.1) is 18.5 Å². The predicted molar refractivity (Wildman–Crippen MR) is 118 cm³/mol. The molecule has 1 amide bonds. The maximum absolute atomic E-state index is 12.6. The molecule has 0 fully saturated rings. The third kappa shape index (κ3) is 5.89. The zero-order valence-electron chi connectivity index (χ0n) is 17.5. The molecule has 3 aromatic rings. The van der Waals surface area contributed by atoms with E-state index in [1.165, 1.54) is 22.5 Å². The van der Waals surface area contributed by atoms with Crippen LogP contribution in [0.1, 0.15) is 5.76 Å². The number of rotatable bonds is 10. The van der Waals surface area contributed by atoms with Gasteiger partial charge in [0.15, 0.2) is 13.2 Å².